The van der Waals surface area contributed by atoms with Gasteiger partial charge in [0.25, 0.3) is 0 Å². The van der Waals surface area contributed by atoms with Crippen molar-refractivity contribution < 1.29 is 8.83 Å². The Morgan fingerprint density at radius 3 is 1.57 bits per heavy atom. The number of para-hydroxylation sites is 2. The molecule has 2 heterocycles. The van der Waals surface area contributed by atoms with Crippen LogP contribution in [0.25, 0.3) is 110 Å². The SMILES string of the molecule is c1ccc(-c2ccc(N(c3ccc(-c4cccc(-c5ccc6ccccc6c5)c4)cc3)c3ccc(-c4ccccc4-c4cccc5oc6ccccc6c45)cc3)c3c2oc2ccccc23)cc1. The van der Waals surface area contributed by atoms with E-state index >= 15 is 0 Å². The summed E-state index contributed by atoms with van der Waals surface area (Å²) in [6.07, 6.45) is 0. The third kappa shape index (κ3) is 6.67. The maximum atomic E-state index is 6.80. The largest absolute Gasteiger partial charge is 0.456 e. The minimum absolute atomic E-state index is 0.858. The van der Waals surface area contributed by atoms with Crippen LogP contribution < -0.4 is 4.90 Å². The number of anilines is 3. The molecule has 0 spiro atoms. The Balaban J connectivity index is 0.946. The molecule has 67 heavy (non-hydrogen) atoms. The first-order chi connectivity index (χ1) is 33.2. The molecule has 0 saturated carbocycles. The Labute approximate surface area is 388 Å². The summed E-state index contributed by atoms with van der Waals surface area (Å²) < 4.78 is 13.1. The fourth-order valence-electron chi connectivity index (χ4n) is 10.1. The Morgan fingerprint density at radius 2 is 0.791 bits per heavy atom. The number of hydrogen-bond donors (Lipinski definition) is 0. The van der Waals surface area contributed by atoms with E-state index < -0.39 is 0 Å². The Bertz CT molecular complexity index is 3970. The summed E-state index contributed by atoms with van der Waals surface area (Å²) >= 11 is 0. The highest BCUT2D eigenvalue weighted by molar-refractivity contribution is 6.17. The lowest BCUT2D eigenvalue weighted by molar-refractivity contribution is 0.669. The lowest BCUT2D eigenvalue weighted by Gasteiger charge is -2.27. The summed E-state index contributed by atoms with van der Waals surface area (Å²) in [7, 11) is 0. The number of fused-ring (bicyclic) bond motifs is 7. The van der Waals surface area contributed by atoms with E-state index in [1.165, 1.54) is 27.5 Å². The zero-order valence-electron chi connectivity index (χ0n) is 36.4. The molecule has 0 atom stereocenters. The second-order valence-electron chi connectivity index (χ2n) is 17.2. The average Bonchev–Trinajstić information content (AvgIpc) is 3.99. The minimum atomic E-state index is 0.858. The van der Waals surface area contributed by atoms with E-state index in [0.29, 0.717) is 0 Å². The van der Waals surface area contributed by atoms with Crippen LogP contribution in [0.2, 0.25) is 0 Å². The first-order valence-electron chi connectivity index (χ1n) is 22.8. The normalized spacial score (nSPS) is 11.6. The van der Waals surface area contributed by atoms with Crippen molar-refractivity contribution in [3.05, 3.63) is 249 Å². The van der Waals surface area contributed by atoms with Crippen LogP contribution in [0.5, 0.6) is 0 Å². The summed E-state index contributed by atoms with van der Waals surface area (Å²) in [4.78, 5) is 2.38. The number of benzene rings is 11. The van der Waals surface area contributed by atoms with E-state index in [0.717, 1.165) is 99.9 Å². The van der Waals surface area contributed by atoms with Gasteiger partial charge in [-0.05, 0) is 128 Å². The molecule has 3 heteroatoms. The van der Waals surface area contributed by atoms with Gasteiger partial charge in [0, 0.05) is 33.1 Å². The quantitative estimate of drug-likeness (QED) is 0.152. The van der Waals surface area contributed by atoms with Gasteiger partial charge < -0.3 is 13.7 Å². The van der Waals surface area contributed by atoms with Crippen LogP contribution >= 0.6 is 0 Å². The van der Waals surface area contributed by atoms with Crippen molar-refractivity contribution in [1.29, 1.82) is 0 Å². The Hall–Kier alpha value is -8.92. The van der Waals surface area contributed by atoms with Gasteiger partial charge in [0.05, 0.1) is 11.1 Å². The van der Waals surface area contributed by atoms with E-state index in [2.05, 4.69) is 235 Å². The van der Waals surface area contributed by atoms with Crippen LogP contribution in [0.3, 0.4) is 0 Å². The van der Waals surface area contributed by atoms with Crippen LogP contribution in [-0.4, -0.2) is 0 Å². The van der Waals surface area contributed by atoms with Crippen LogP contribution in [0.4, 0.5) is 17.1 Å². The van der Waals surface area contributed by atoms with Crippen molar-refractivity contribution in [1.82, 2.24) is 0 Å². The smallest absolute Gasteiger partial charge is 0.145 e. The van der Waals surface area contributed by atoms with Crippen molar-refractivity contribution in [2.75, 3.05) is 4.90 Å². The van der Waals surface area contributed by atoms with E-state index in [-0.39, 0.29) is 0 Å². The maximum absolute atomic E-state index is 6.80. The van der Waals surface area contributed by atoms with E-state index in [9.17, 15) is 0 Å². The fourth-order valence-corrected chi connectivity index (χ4v) is 10.1. The zero-order chi connectivity index (χ0) is 44.3. The standard InChI is InChI=1S/C64H41NO2/c1-2-15-44(16-3-1)53-38-39-58(63-57-23-9-11-26-60(57)67-64(53)63)65(50-34-30-43(31-35-50)47-18-12-19-48(40-47)49-29-28-42-14-4-5-17-46(42)41-49)51-36-32-45(33-37-51)52-20-6-7-21-54(52)55-24-13-27-61-62(55)56-22-8-10-25-59(56)66-61/h1-41H. The Kier molecular flexibility index (Phi) is 9.17. The predicted octanol–water partition coefficient (Wildman–Crippen LogP) is 18.4. The highest BCUT2D eigenvalue weighted by Gasteiger charge is 2.23. The molecule has 0 radical (unpaired) electrons. The van der Waals surface area contributed by atoms with E-state index in [1.54, 1.807) is 0 Å². The molecule has 13 rings (SSSR count). The maximum Gasteiger partial charge on any atom is 0.145 e. The molecule has 0 aliphatic carbocycles. The minimum Gasteiger partial charge on any atom is -0.456 e. The molecule has 3 nitrogen and oxygen atoms in total. The summed E-state index contributed by atoms with van der Waals surface area (Å²) in [6.45, 7) is 0. The van der Waals surface area contributed by atoms with Gasteiger partial charge in [-0.25, -0.2) is 0 Å². The molecule has 0 unspecified atom stereocenters. The lowest BCUT2D eigenvalue weighted by atomic mass is 9.92. The van der Waals surface area contributed by atoms with Crippen LogP contribution in [-0.2, 0) is 0 Å². The second kappa shape index (κ2) is 16.0. The molecule has 0 amide bonds. The van der Waals surface area contributed by atoms with E-state index in [4.69, 9.17) is 8.83 Å². The van der Waals surface area contributed by atoms with Gasteiger partial charge in [0.15, 0.2) is 0 Å². The molecular weight excluding hydrogens is 815 g/mol. The Morgan fingerprint density at radius 1 is 0.269 bits per heavy atom. The molecule has 0 saturated heterocycles. The third-order valence-electron chi connectivity index (χ3n) is 13.3. The van der Waals surface area contributed by atoms with Crippen LogP contribution in [0, 0.1) is 0 Å². The van der Waals surface area contributed by atoms with Gasteiger partial charge in [-0.2, -0.15) is 0 Å². The van der Waals surface area contributed by atoms with Gasteiger partial charge >= 0.3 is 0 Å². The highest BCUT2D eigenvalue weighted by Crippen LogP contribution is 2.47. The molecular formula is C64H41NO2. The molecule has 13 aromatic rings. The van der Waals surface area contributed by atoms with Gasteiger partial charge in [0.1, 0.15) is 22.3 Å². The second-order valence-corrected chi connectivity index (χ2v) is 17.2. The van der Waals surface area contributed by atoms with Crippen molar-refractivity contribution in [2.45, 2.75) is 0 Å². The molecule has 2 aromatic heterocycles. The molecule has 0 bridgehead atoms. The molecule has 0 aliphatic rings. The molecule has 0 N–H and O–H groups in total. The summed E-state index contributed by atoms with van der Waals surface area (Å²) in [5.41, 5.74) is 18.1. The lowest BCUT2D eigenvalue weighted by Crippen LogP contribution is -2.10. The fraction of sp³-hybridized carbons (Fsp3) is 0. The molecule has 0 fully saturated rings. The van der Waals surface area contributed by atoms with Crippen LogP contribution in [0.15, 0.2) is 258 Å². The molecule has 0 aliphatic heterocycles. The van der Waals surface area contributed by atoms with Crippen molar-refractivity contribution >= 4 is 71.7 Å². The van der Waals surface area contributed by atoms with Gasteiger partial charge in [-0.1, -0.05) is 182 Å². The number of rotatable bonds is 8. The van der Waals surface area contributed by atoms with Gasteiger partial charge in [-0.15, -0.1) is 0 Å². The molecule has 11 aromatic carbocycles. The zero-order valence-corrected chi connectivity index (χ0v) is 36.4. The van der Waals surface area contributed by atoms with Crippen molar-refractivity contribution in [3.63, 3.8) is 0 Å². The summed E-state index contributed by atoms with van der Waals surface area (Å²) in [6, 6.07) is 88.8. The molecule has 314 valence electrons. The highest BCUT2D eigenvalue weighted by atomic mass is 16.3. The number of nitrogens with zero attached hydrogens (tertiary/aromatic N) is 1. The number of furan rings is 2. The topological polar surface area (TPSA) is 29.5 Å². The van der Waals surface area contributed by atoms with Crippen molar-refractivity contribution in [3.8, 4) is 55.6 Å². The average molecular weight is 856 g/mol. The summed E-state index contributed by atoms with van der Waals surface area (Å²) in [5.74, 6) is 0. The number of hydrogen-bond acceptors (Lipinski definition) is 3. The predicted molar refractivity (Wildman–Crippen MR) is 280 cm³/mol. The third-order valence-corrected chi connectivity index (χ3v) is 13.3. The monoisotopic (exact) mass is 855 g/mol. The van der Waals surface area contributed by atoms with Crippen molar-refractivity contribution in [2.24, 2.45) is 0 Å². The van der Waals surface area contributed by atoms with Gasteiger partial charge in [-0.3, -0.25) is 0 Å². The van der Waals surface area contributed by atoms with Crippen LogP contribution in [0.1, 0.15) is 0 Å². The van der Waals surface area contributed by atoms with E-state index in [1.807, 2.05) is 18.2 Å². The van der Waals surface area contributed by atoms with Gasteiger partial charge in [0.2, 0.25) is 0 Å². The summed E-state index contributed by atoms with van der Waals surface area (Å²) in [5, 5.41) is 6.88. The first kappa shape index (κ1) is 38.5. The first-order valence-corrected chi connectivity index (χ1v) is 22.8.